The number of carbonyl (C=O) groups excluding carboxylic acids is 2. The van der Waals surface area contributed by atoms with Crippen molar-refractivity contribution in [3.63, 3.8) is 0 Å². The molecule has 1 aromatic rings. The van der Waals surface area contributed by atoms with E-state index in [0.29, 0.717) is 25.2 Å². The number of benzene rings is 1. The molecule has 0 aliphatic heterocycles. The van der Waals surface area contributed by atoms with Crippen molar-refractivity contribution < 1.29 is 14.0 Å². The molecule has 1 fully saturated rings. The monoisotopic (exact) mass is 321 g/mol. The van der Waals surface area contributed by atoms with Crippen LogP contribution >= 0.6 is 0 Å². The first-order valence-corrected chi connectivity index (χ1v) is 8.09. The molecule has 2 rings (SSSR count). The van der Waals surface area contributed by atoms with Crippen LogP contribution in [-0.4, -0.2) is 31.4 Å². The van der Waals surface area contributed by atoms with Crippen molar-refractivity contribution in [2.75, 3.05) is 19.6 Å². The molecule has 2 atom stereocenters. The van der Waals surface area contributed by atoms with Gasteiger partial charge in [0.15, 0.2) is 0 Å². The van der Waals surface area contributed by atoms with Gasteiger partial charge in [-0.1, -0.05) is 18.6 Å². The van der Waals surface area contributed by atoms with Gasteiger partial charge in [0.05, 0.1) is 6.42 Å². The number of hydrogen-bond donors (Lipinski definition) is 3. The standard InChI is InChI=1S/C17H24FN3O2/c18-14-5-1-3-12(9-14)10-16(22)20-7-8-21-17(23)15-6-2-4-13(15)11-19/h1,3,5,9,13,15H,2,4,6-8,10-11,19H2,(H,20,22)(H,21,23)/t13-,15-/m1/s1. The van der Waals surface area contributed by atoms with E-state index < -0.39 is 0 Å². The van der Waals surface area contributed by atoms with Gasteiger partial charge in [-0.15, -0.1) is 0 Å². The molecule has 6 heteroatoms. The highest BCUT2D eigenvalue weighted by atomic mass is 19.1. The minimum atomic E-state index is -0.353. The lowest BCUT2D eigenvalue weighted by Gasteiger charge is -2.17. The van der Waals surface area contributed by atoms with Gasteiger partial charge in [0.25, 0.3) is 0 Å². The molecule has 4 N–H and O–H groups in total. The minimum Gasteiger partial charge on any atom is -0.354 e. The fraction of sp³-hybridized carbons (Fsp3) is 0.529. The van der Waals surface area contributed by atoms with Gasteiger partial charge in [0.1, 0.15) is 5.82 Å². The maximum absolute atomic E-state index is 13.0. The predicted molar refractivity (Wildman–Crippen MR) is 86.0 cm³/mol. The van der Waals surface area contributed by atoms with Crippen LogP contribution in [0.4, 0.5) is 4.39 Å². The van der Waals surface area contributed by atoms with Crippen LogP contribution in [0, 0.1) is 17.7 Å². The normalized spacial score (nSPS) is 20.3. The van der Waals surface area contributed by atoms with Crippen LogP contribution in [0.2, 0.25) is 0 Å². The zero-order valence-corrected chi connectivity index (χ0v) is 13.2. The van der Waals surface area contributed by atoms with E-state index in [1.165, 1.54) is 12.1 Å². The number of hydrogen-bond acceptors (Lipinski definition) is 3. The Kier molecular flexibility index (Phi) is 6.52. The van der Waals surface area contributed by atoms with E-state index in [4.69, 9.17) is 5.73 Å². The summed E-state index contributed by atoms with van der Waals surface area (Å²) in [6.45, 7) is 1.30. The summed E-state index contributed by atoms with van der Waals surface area (Å²) >= 11 is 0. The van der Waals surface area contributed by atoms with Crippen LogP contribution in [0.5, 0.6) is 0 Å². The van der Waals surface area contributed by atoms with Crippen molar-refractivity contribution in [2.24, 2.45) is 17.6 Å². The van der Waals surface area contributed by atoms with Crippen molar-refractivity contribution in [1.82, 2.24) is 10.6 Å². The molecule has 1 aliphatic carbocycles. The summed E-state index contributed by atoms with van der Waals surface area (Å²) in [7, 11) is 0. The first-order chi connectivity index (χ1) is 11.1. The highest BCUT2D eigenvalue weighted by molar-refractivity contribution is 5.80. The summed E-state index contributed by atoms with van der Waals surface area (Å²) in [6, 6.07) is 5.97. The summed E-state index contributed by atoms with van der Waals surface area (Å²) < 4.78 is 13.0. The predicted octanol–water partition coefficient (Wildman–Crippen LogP) is 0.976. The van der Waals surface area contributed by atoms with E-state index in [0.717, 1.165) is 19.3 Å². The van der Waals surface area contributed by atoms with Gasteiger partial charge in [-0.05, 0) is 43.0 Å². The van der Waals surface area contributed by atoms with Crippen LogP contribution in [0.15, 0.2) is 24.3 Å². The van der Waals surface area contributed by atoms with Gasteiger partial charge in [0.2, 0.25) is 11.8 Å². The summed E-state index contributed by atoms with van der Waals surface area (Å²) in [5, 5.41) is 5.57. The summed E-state index contributed by atoms with van der Waals surface area (Å²) in [5.41, 5.74) is 6.30. The average Bonchev–Trinajstić information content (AvgIpc) is 3.00. The average molecular weight is 321 g/mol. The quantitative estimate of drug-likeness (QED) is 0.655. The summed E-state index contributed by atoms with van der Waals surface area (Å²) in [6.07, 6.45) is 3.08. The molecule has 1 saturated carbocycles. The lowest BCUT2D eigenvalue weighted by Crippen LogP contribution is -2.39. The molecule has 0 saturated heterocycles. The third-order valence-electron chi connectivity index (χ3n) is 4.30. The molecule has 0 aromatic heterocycles. The maximum Gasteiger partial charge on any atom is 0.224 e. The minimum absolute atomic E-state index is 0.00277. The Hall–Kier alpha value is -1.95. The molecular weight excluding hydrogens is 297 g/mol. The third kappa shape index (κ3) is 5.32. The Morgan fingerprint density at radius 2 is 2.00 bits per heavy atom. The van der Waals surface area contributed by atoms with Crippen molar-refractivity contribution in [3.8, 4) is 0 Å². The van der Waals surface area contributed by atoms with Gasteiger partial charge in [0, 0.05) is 19.0 Å². The van der Waals surface area contributed by atoms with Crippen LogP contribution in [0.25, 0.3) is 0 Å². The zero-order chi connectivity index (χ0) is 16.7. The fourth-order valence-corrected chi connectivity index (χ4v) is 3.08. The molecule has 1 aromatic carbocycles. The number of amides is 2. The van der Waals surface area contributed by atoms with Gasteiger partial charge < -0.3 is 16.4 Å². The molecule has 23 heavy (non-hydrogen) atoms. The van der Waals surface area contributed by atoms with E-state index in [1.54, 1.807) is 12.1 Å². The Balaban J connectivity index is 1.65. The molecule has 5 nitrogen and oxygen atoms in total. The SMILES string of the molecule is NC[C@H]1CCC[C@H]1C(=O)NCCNC(=O)Cc1cccc(F)c1. The Bertz CT molecular complexity index is 550. The number of nitrogens with one attached hydrogen (secondary N) is 2. The van der Waals surface area contributed by atoms with E-state index in [9.17, 15) is 14.0 Å². The molecular formula is C17H24FN3O2. The topological polar surface area (TPSA) is 84.2 Å². The lowest BCUT2D eigenvalue weighted by molar-refractivity contribution is -0.126. The fourth-order valence-electron chi connectivity index (χ4n) is 3.08. The van der Waals surface area contributed by atoms with E-state index in [-0.39, 0.29) is 35.9 Å². The third-order valence-corrected chi connectivity index (χ3v) is 4.30. The highest BCUT2D eigenvalue weighted by Crippen LogP contribution is 2.30. The van der Waals surface area contributed by atoms with E-state index in [1.807, 2.05) is 0 Å². The zero-order valence-electron chi connectivity index (χ0n) is 13.2. The highest BCUT2D eigenvalue weighted by Gasteiger charge is 2.31. The van der Waals surface area contributed by atoms with E-state index >= 15 is 0 Å². The van der Waals surface area contributed by atoms with Crippen molar-refractivity contribution in [2.45, 2.75) is 25.7 Å². The number of rotatable bonds is 7. The second-order valence-corrected chi connectivity index (χ2v) is 5.98. The number of halogens is 1. The van der Waals surface area contributed by atoms with Gasteiger partial charge in [-0.3, -0.25) is 9.59 Å². The first kappa shape index (κ1) is 17.4. The van der Waals surface area contributed by atoms with Crippen LogP contribution < -0.4 is 16.4 Å². The van der Waals surface area contributed by atoms with Crippen LogP contribution in [0.1, 0.15) is 24.8 Å². The molecule has 2 amide bonds. The molecule has 0 bridgehead atoms. The number of nitrogens with two attached hydrogens (primary N) is 1. The summed E-state index contributed by atoms with van der Waals surface area (Å²) in [5.74, 6) is -0.239. The second-order valence-electron chi connectivity index (χ2n) is 5.98. The molecule has 0 radical (unpaired) electrons. The van der Waals surface area contributed by atoms with Crippen LogP contribution in [0.3, 0.4) is 0 Å². The van der Waals surface area contributed by atoms with Crippen molar-refractivity contribution >= 4 is 11.8 Å². The van der Waals surface area contributed by atoms with Crippen LogP contribution in [-0.2, 0) is 16.0 Å². The Morgan fingerprint density at radius 3 is 2.74 bits per heavy atom. The molecule has 126 valence electrons. The molecule has 1 aliphatic rings. The largest absolute Gasteiger partial charge is 0.354 e. The van der Waals surface area contributed by atoms with Crippen molar-refractivity contribution in [1.29, 1.82) is 0 Å². The maximum atomic E-state index is 13.0. The van der Waals surface area contributed by atoms with Crippen molar-refractivity contribution in [3.05, 3.63) is 35.6 Å². The number of carbonyl (C=O) groups is 2. The van der Waals surface area contributed by atoms with Gasteiger partial charge in [-0.2, -0.15) is 0 Å². The lowest BCUT2D eigenvalue weighted by atomic mass is 9.95. The smallest absolute Gasteiger partial charge is 0.224 e. The van der Waals surface area contributed by atoms with Gasteiger partial charge in [-0.25, -0.2) is 4.39 Å². The molecule has 0 unspecified atom stereocenters. The van der Waals surface area contributed by atoms with E-state index in [2.05, 4.69) is 10.6 Å². The molecule has 0 spiro atoms. The molecule has 0 heterocycles. The second kappa shape index (κ2) is 8.62. The van der Waals surface area contributed by atoms with Gasteiger partial charge >= 0.3 is 0 Å². The summed E-state index contributed by atoms with van der Waals surface area (Å²) in [4.78, 5) is 23.8. The Morgan fingerprint density at radius 1 is 1.22 bits per heavy atom. The first-order valence-electron chi connectivity index (χ1n) is 8.09. The Labute approximate surface area is 135 Å².